The molecule has 0 atom stereocenters. The maximum Gasteiger partial charge on any atom is 0.390 e. The van der Waals surface area contributed by atoms with Crippen molar-refractivity contribution in [2.75, 3.05) is 19.5 Å². The van der Waals surface area contributed by atoms with E-state index in [2.05, 4.69) is 4.18 Å². The largest absolute Gasteiger partial charge is 0.390 e. The van der Waals surface area contributed by atoms with Crippen LogP contribution in [0, 0.1) is 5.41 Å². The standard InChI is InChI=1S/C9H22O7S2Si/c1-9(2,7-14-17(3,10)11)8-15-18(12,13)16-19(4,5)6/h7-8H2,1-6H3. The second-order valence-corrected chi connectivity index (χ2v) is 13.6. The first-order chi connectivity index (χ1) is 8.12. The van der Waals surface area contributed by atoms with Crippen LogP contribution in [0.1, 0.15) is 13.8 Å². The van der Waals surface area contributed by atoms with E-state index in [-0.39, 0.29) is 13.2 Å². The molecule has 0 aromatic heterocycles. The summed E-state index contributed by atoms with van der Waals surface area (Å²) in [5.41, 5.74) is -0.779. The van der Waals surface area contributed by atoms with Crippen LogP contribution in [-0.2, 0) is 32.8 Å². The summed E-state index contributed by atoms with van der Waals surface area (Å²) in [6, 6.07) is 0. The Morgan fingerprint density at radius 2 is 1.37 bits per heavy atom. The Balaban J connectivity index is 4.46. The maximum absolute atomic E-state index is 11.5. The van der Waals surface area contributed by atoms with E-state index >= 15 is 0 Å². The summed E-state index contributed by atoms with van der Waals surface area (Å²) in [7, 11) is -9.92. The highest BCUT2D eigenvalue weighted by Crippen LogP contribution is 2.19. The third kappa shape index (κ3) is 11.5. The van der Waals surface area contributed by atoms with Gasteiger partial charge in [-0.2, -0.15) is 16.8 Å². The van der Waals surface area contributed by atoms with Crippen LogP contribution in [0.25, 0.3) is 0 Å². The number of hydrogen-bond donors (Lipinski definition) is 0. The summed E-state index contributed by atoms with van der Waals surface area (Å²) in [6.07, 6.45) is 0.926. The number of rotatable bonds is 8. The Morgan fingerprint density at radius 3 is 1.74 bits per heavy atom. The Hall–Kier alpha value is -0.00312. The lowest BCUT2D eigenvalue weighted by Gasteiger charge is -2.24. The lowest BCUT2D eigenvalue weighted by molar-refractivity contribution is 0.110. The van der Waals surface area contributed by atoms with Crippen molar-refractivity contribution in [2.45, 2.75) is 33.5 Å². The normalized spacial score (nSPS) is 14.6. The van der Waals surface area contributed by atoms with Crippen molar-refractivity contribution in [3.63, 3.8) is 0 Å². The molecule has 0 amide bonds. The molecule has 0 fully saturated rings. The molecule has 0 N–H and O–H groups in total. The lowest BCUT2D eigenvalue weighted by atomic mass is 9.97. The summed E-state index contributed by atoms with van der Waals surface area (Å²) in [4.78, 5) is 0. The van der Waals surface area contributed by atoms with Crippen LogP contribution in [0.15, 0.2) is 0 Å². The van der Waals surface area contributed by atoms with Gasteiger partial charge in [0.1, 0.15) is 0 Å². The smallest absolute Gasteiger partial charge is 0.294 e. The van der Waals surface area contributed by atoms with E-state index in [0.717, 1.165) is 6.26 Å². The highest BCUT2D eigenvalue weighted by Gasteiger charge is 2.29. The van der Waals surface area contributed by atoms with Crippen molar-refractivity contribution in [3.8, 4) is 0 Å². The number of hydrogen-bond acceptors (Lipinski definition) is 7. The third-order valence-corrected chi connectivity index (χ3v) is 5.38. The van der Waals surface area contributed by atoms with Gasteiger partial charge in [-0.1, -0.05) is 13.8 Å². The first-order valence-corrected chi connectivity index (χ1v) is 12.1. The van der Waals surface area contributed by atoms with Crippen LogP contribution in [0.2, 0.25) is 19.6 Å². The SMILES string of the molecule is CC(C)(COS(C)(=O)=O)COS(=O)(=O)O[Si](C)(C)C. The molecule has 0 saturated heterocycles. The van der Waals surface area contributed by atoms with Crippen LogP contribution in [0.5, 0.6) is 0 Å². The molecule has 0 aromatic carbocycles. The van der Waals surface area contributed by atoms with Gasteiger partial charge in [0.25, 0.3) is 10.1 Å². The van der Waals surface area contributed by atoms with E-state index < -0.39 is 34.2 Å². The quantitative estimate of drug-likeness (QED) is 0.484. The average Bonchev–Trinajstić information content (AvgIpc) is 2.08. The predicted molar refractivity (Wildman–Crippen MR) is 73.9 cm³/mol. The highest BCUT2D eigenvalue weighted by molar-refractivity contribution is 7.86. The van der Waals surface area contributed by atoms with Gasteiger partial charge >= 0.3 is 10.4 Å². The van der Waals surface area contributed by atoms with Crippen LogP contribution in [0.3, 0.4) is 0 Å². The zero-order valence-corrected chi connectivity index (χ0v) is 14.7. The van der Waals surface area contributed by atoms with E-state index in [1.807, 2.05) is 0 Å². The average molecular weight is 334 g/mol. The molecule has 0 spiro atoms. The van der Waals surface area contributed by atoms with E-state index in [4.69, 9.17) is 8.06 Å². The molecule has 0 aromatic rings. The van der Waals surface area contributed by atoms with Crippen LogP contribution in [-0.4, -0.2) is 44.6 Å². The topological polar surface area (TPSA) is 96.0 Å². The van der Waals surface area contributed by atoms with Crippen molar-refractivity contribution in [1.82, 2.24) is 0 Å². The fourth-order valence-electron chi connectivity index (χ4n) is 0.870. The molecule has 0 aliphatic rings. The molecule has 0 radical (unpaired) electrons. The summed E-state index contributed by atoms with van der Waals surface area (Å²) in [6.45, 7) is 8.00. The fraction of sp³-hybridized carbons (Fsp3) is 1.00. The minimum absolute atomic E-state index is 0.172. The molecule has 10 heteroatoms. The van der Waals surface area contributed by atoms with Gasteiger partial charge in [0, 0.05) is 5.41 Å². The third-order valence-electron chi connectivity index (χ3n) is 1.61. The molecule has 7 nitrogen and oxygen atoms in total. The Kier molecular flexibility index (Phi) is 6.18. The van der Waals surface area contributed by atoms with Gasteiger partial charge < -0.3 is 0 Å². The Bertz CT molecular complexity index is 487. The minimum Gasteiger partial charge on any atom is -0.294 e. The zero-order valence-electron chi connectivity index (χ0n) is 12.1. The minimum atomic E-state index is -4.07. The van der Waals surface area contributed by atoms with Crippen molar-refractivity contribution in [1.29, 1.82) is 0 Å². The van der Waals surface area contributed by atoms with E-state index in [1.165, 1.54) is 0 Å². The molecule has 116 valence electrons. The summed E-state index contributed by atoms with van der Waals surface area (Å²) in [5.74, 6) is 0. The molecule has 19 heavy (non-hydrogen) atoms. The molecular formula is C9H22O7S2Si. The Morgan fingerprint density at radius 1 is 0.947 bits per heavy atom. The molecular weight excluding hydrogens is 312 g/mol. The van der Waals surface area contributed by atoms with Crippen molar-refractivity contribution >= 4 is 28.8 Å². The van der Waals surface area contributed by atoms with E-state index in [9.17, 15) is 16.8 Å². The molecule has 0 unspecified atom stereocenters. The summed E-state index contributed by atoms with van der Waals surface area (Å²) < 4.78 is 59.0. The van der Waals surface area contributed by atoms with Gasteiger partial charge in [-0.05, 0) is 19.6 Å². The van der Waals surface area contributed by atoms with Crippen molar-refractivity contribution < 1.29 is 29.1 Å². The van der Waals surface area contributed by atoms with E-state index in [0.29, 0.717) is 0 Å². The van der Waals surface area contributed by atoms with E-state index in [1.54, 1.807) is 33.5 Å². The second-order valence-electron chi connectivity index (χ2n) is 6.00. The second kappa shape index (κ2) is 6.18. The Labute approximate surface area is 116 Å². The van der Waals surface area contributed by atoms with Crippen LogP contribution < -0.4 is 0 Å². The van der Waals surface area contributed by atoms with Crippen molar-refractivity contribution in [3.05, 3.63) is 0 Å². The molecule has 0 heterocycles. The molecule has 0 bridgehead atoms. The first-order valence-electron chi connectivity index (χ1n) is 5.56. The first kappa shape index (κ1) is 19.0. The zero-order chi connectivity index (χ0) is 15.5. The van der Waals surface area contributed by atoms with Crippen LogP contribution >= 0.6 is 0 Å². The van der Waals surface area contributed by atoms with Crippen molar-refractivity contribution in [2.24, 2.45) is 5.41 Å². The molecule has 0 aliphatic carbocycles. The molecule has 0 aliphatic heterocycles. The summed E-state index contributed by atoms with van der Waals surface area (Å²) >= 11 is 0. The van der Waals surface area contributed by atoms with Gasteiger partial charge in [0.2, 0.25) is 8.32 Å². The lowest BCUT2D eigenvalue weighted by Crippen LogP contribution is -2.33. The fourth-order valence-corrected chi connectivity index (χ4v) is 4.51. The summed E-state index contributed by atoms with van der Waals surface area (Å²) in [5, 5.41) is 0. The molecule has 0 saturated carbocycles. The monoisotopic (exact) mass is 334 g/mol. The highest BCUT2D eigenvalue weighted by atomic mass is 32.3. The van der Waals surface area contributed by atoms with Gasteiger partial charge in [0.15, 0.2) is 0 Å². The van der Waals surface area contributed by atoms with Gasteiger partial charge in [0.05, 0.1) is 19.5 Å². The molecule has 0 rings (SSSR count). The van der Waals surface area contributed by atoms with Gasteiger partial charge in [-0.3, -0.25) is 8.06 Å². The van der Waals surface area contributed by atoms with Gasteiger partial charge in [-0.25, -0.2) is 4.18 Å². The maximum atomic E-state index is 11.5. The predicted octanol–water partition coefficient (Wildman–Crippen LogP) is 1.10. The van der Waals surface area contributed by atoms with Gasteiger partial charge in [-0.15, -0.1) is 0 Å². The van der Waals surface area contributed by atoms with Crippen LogP contribution in [0.4, 0.5) is 0 Å².